The van der Waals surface area contributed by atoms with Gasteiger partial charge < -0.3 is 14.8 Å². The van der Waals surface area contributed by atoms with Crippen molar-refractivity contribution in [1.29, 1.82) is 0 Å². The molecule has 18 heavy (non-hydrogen) atoms. The molecule has 96 valence electrons. The van der Waals surface area contributed by atoms with Gasteiger partial charge in [0.1, 0.15) is 18.5 Å². The molecule has 1 saturated heterocycles. The molecule has 1 fully saturated rings. The number of ketones is 1. The lowest BCUT2D eigenvalue weighted by Gasteiger charge is -2.12. The number of benzene rings is 1. The van der Waals surface area contributed by atoms with E-state index in [2.05, 4.69) is 5.32 Å². The summed E-state index contributed by atoms with van der Waals surface area (Å²) in [5.74, 6) is 0.285. The Morgan fingerprint density at radius 3 is 2.72 bits per heavy atom. The summed E-state index contributed by atoms with van der Waals surface area (Å²) < 4.78 is 10.6. The van der Waals surface area contributed by atoms with E-state index < -0.39 is 0 Å². The van der Waals surface area contributed by atoms with Crippen LogP contribution in [0.2, 0.25) is 0 Å². The van der Waals surface area contributed by atoms with Crippen LogP contribution in [0.3, 0.4) is 0 Å². The maximum Gasteiger partial charge on any atom is 0.221 e. The van der Waals surface area contributed by atoms with Crippen LogP contribution in [0, 0.1) is 0 Å². The Bertz CT molecular complexity index is 480. The molecule has 1 aromatic rings. The van der Waals surface area contributed by atoms with E-state index in [4.69, 9.17) is 9.47 Å². The molecule has 1 amide bonds. The Morgan fingerprint density at radius 1 is 1.44 bits per heavy atom. The molecular formula is C13H15NO4. The second-order valence-corrected chi connectivity index (χ2v) is 4.21. The SMILES string of the molecule is CC(=O)Nc1cc(C(C)=O)ccc1OCC1CO1. The third-order valence-electron chi connectivity index (χ3n) is 2.52. The summed E-state index contributed by atoms with van der Waals surface area (Å²) in [6.07, 6.45) is 0.141. The number of hydrogen-bond acceptors (Lipinski definition) is 4. The number of ether oxygens (including phenoxy) is 2. The molecule has 0 aliphatic carbocycles. The summed E-state index contributed by atoms with van der Waals surface area (Å²) in [4.78, 5) is 22.4. The van der Waals surface area contributed by atoms with Gasteiger partial charge in [-0.3, -0.25) is 9.59 Å². The normalized spacial score (nSPS) is 17.1. The number of carbonyl (C=O) groups excluding carboxylic acids is 2. The van der Waals surface area contributed by atoms with Crippen molar-refractivity contribution in [3.05, 3.63) is 23.8 Å². The fourth-order valence-electron chi connectivity index (χ4n) is 1.51. The molecule has 0 radical (unpaired) electrons. The molecule has 0 spiro atoms. The van der Waals surface area contributed by atoms with Crippen LogP contribution in [-0.4, -0.2) is 31.0 Å². The number of carbonyl (C=O) groups is 2. The van der Waals surface area contributed by atoms with Crippen LogP contribution in [0.5, 0.6) is 5.75 Å². The minimum absolute atomic E-state index is 0.0568. The molecule has 0 saturated carbocycles. The third-order valence-corrected chi connectivity index (χ3v) is 2.52. The van der Waals surface area contributed by atoms with Crippen LogP contribution >= 0.6 is 0 Å². The van der Waals surface area contributed by atoms with Crippen LogP contribution in [0.4, 0.5) is 5.69 Å². The fourth-order valence-corrected chi connectivity index (χ4v) is 1.51. The number of epoxide rings is 1. The molecule has 0 aromatic heterocycles. The van der Waals surface area contributed by atoms with E-state index in [0.29, 0.717) is 30.2 Å². The lowest BCUT2D eigenvalue weighted by molar-refractivity contribution is -0.114. The van der Waals surface area contributed by atoms with Gasteiger partial charge >= 0.3 is 0 Å². The Morgan fingerprint density at radius 2 is 2.17 bits per heavy atom. The third kappa shape index (κ3) is 3.30. The molecule has 1 aliphatic rings. The van der Waals surface area contributed by atoms with Crippen molar-refractivity contribution in [1.82, 2.24) is 0 Å². The van der Waals surface area contributed by atoms with Crippen LogP contribution in [-0.2, 0) is 9.53 Å². The smallest absolute Gasteiger partial charge is 0.221 e. The average Bonchev–Trinajstić information content (AvgIpc) is 3.10. The Labute approximate surface area is 105 Å². The summed E-state index contributed by atoms with van der Waals surface area (Å²) in [6.45, 7) is 4.05. The monoisotopic (exact) mass is 249 g/mol. The molecule has 1 aromatic carbocycles. The lowest BCUT2D eigenvalue weighted by atomic mass is 10.1. The quantitative estimate of drug-likeness (QED) is 0.636. The van der Waals surface area contributed by atoms with E-state index in [1.807, 2.05) is 0 Å². The Balaban J connectivity index is 2.18. The molecule has 2 rings (SSSR count). The summed E-state index contributed by atoms with van der Waals surface area (Å²) >= 11 is 0. The molecule has 1 aliphatic heterocycles. The van der Waals surface area contributed by atoms with Gasteiger partial charge in [-0.05, 0) is 25.1 Å². The van der Waals surface area contributed by atoms with E-state index in [1.165, 1.54) is 13.8 Å². The van der Waals surface area contributed by atoms with Gasteiger partial charge in [0, 0.05) is 12.5 Å². The fraction of sp³-hybridized carbons (Fsp3) is 0.385. The van der Waals surface area contributed by atoms with Crippen molar-refractivity contribution >= 4 is 17.4 Å². The Hall–Kier alpha value is -1.88. The summed E-state index contributed by atoms with van der Waals surface area (Å²) in [7, 11) is 0. The van der Waals surface area contributed by atoms with Gasteiger partial charge in [0.25, 0.3) is 0 Å². The molecule has 5 heteroatoms. The van der Waals surface area contributed by atoms with Crippen LogP contribution in [0.1, 0.15) is 24.2 Å². The first kappa shape index (κ1) is 12.6. The highest BCUT2D eigenvalue weighted by Crippen LogP contribution is 2.27. The van der Waals surface area contributed by atoms with Crippen LogP contribution in [0.25, 0.3) is 0 Å². The maximum atomic E-state index is 11.3. The van der Waals surface area contributed by atoms with Crippen LogP contribution in [0.15, 0.2) is 18.2 Å². The summed E-state index contributed by atoms with van der Waals surface area (Å²) in [6, 6.07) is 4.98. The second kappa shape index (κ2) is 5.18. The van der Waals surface area contributed by atoms with Crippen molar-refractivity contribution in [2.45, 2.75) is 20.0 Å². The van der Waals surface area contributed by atoms with E-state index >= 15 is 0 Å². The van der Waals surface area contributed by atoms with Crippen molar-refractivity contribution in [2.75, 3.05) is 18.5 Å². The zero-order chi connectivity index (χ0) is 13.1. The molecule has 1 atom stereocenters. The molecular weight excluding hydrogens is 234 g/mol. The van der Waals surface area contributed by atoms with Gasteiger partial charge in [-0.25, -0.2) is 0 Å². The van der Waals surface area contributed by atoms with Crippen molar-refractivity contribution < 1.29 is 19.1 Å². The minimum Gasteiger partial charge on any atom is -0.489 e. The zero-order valence-corrected chi connectivity index (χ0v) is 10.4. The average molecular weight is 249 g/mol. The van der Waals surface area contributed by atoms with E-state index in [1.54, 1.807) is 18.2 Å². The minimum atomic E-state index is -0.205. The number of amides is 1. The Kier molecular flexibility index (Phi) is 3.62. The van der Waals surface area contributed by atoms with Gasteiger partial charge in [-0.1, -0.05) is 0 Å². The molecule has 1 unspecified atom stereocenters. The van der Waals surface area contributed by atoms with Gasteiger partial charge in [-0.15, -0.1) is 0 Å². The predicted molar refractivity (Wildman–Crippen MR) is 66.0 cm³/mol. The molecule has 1 N–H and O–H groups in total. The number of Topliss-reactive ketones (excluding diaryl/α,β-unsaturated/α-hetero) is 1. The van der Waals surface area contributed by atoms with Gasteiger partial charge in [-0.2, -0.15) is 0 Å². The standard InChI is InChI=1S/C13H15NO4/c1-8(15)10-3-4-13(18-7-11-6-17-11)12(5-10)14-9(2)16/h3-5,11H,6-7H2,1-2H3,(H,14,16). The summed E-state index contributed by atoms with van der Waals surface area (Å²) in [5.41, 5.74) is 1.05. The van der Waals surface area contributed by atoms with E-state index in [-0.39, 0.29) is 17.8 Å². The number of anilines is 1. The largest absolute Gasteiger partial charge is 0.489 e. The maximum absolute atomic E-state index is 11.3. The van der Waals surface area contributed by atoms with Crippen molar-refractivity contribution in [3.63, 3.8) is 0 Å². The van der Waals surface area contributed by atoms with Gasteiger partial charge in [0.15, 0.2) is 5.78 Å². The van der Waals surface area contributed by atoms with E-state index in [9.17, 15) is 9.59 Å². The first-order chi connectivity index (χ1) is 8.56. The topological polar surface area (TPSA) is 67.9 Å². The first-order valence-corrected chi connectivity index (χ1v) is 5.73. The van der Waals surface area contributed by atoms with Crippen molar-refractivity contribution in [3.8, 4) is 5.75 Å². The predicted octanol–water partition coefficient (Wildman–Crippen LogP) is 1.63. The highest BCUT2D eigenvalue weighted by Gasteiger charge is 2.23. The lowest BCUT2D eigenvalue weighted by Crippen LogP contribution is -2.11. The van der Waals surface area contributed by atoms with Crippen molar-refractivity contribution in [2.24, 2.45) is 0 Å². The van der Waals surface area contributed by atoms with Gasteiger partial charge in [0.05, 0.1) is 12.3 Å². The summed E-state index contributed by atoms with van der Waals surface area (Å²) in [5, 5.41) is 2.66. The zero-order valence-electron chi connectivity index (χ0n) is 10.4. The number of rotatable bonds is 5. The van der Waals surface area contributed by atoms with Crippen LogP contribution < -0.4 is 10.1 Å². The molecule has 0 bridgehead atoms. The number of hydrogen-bond donors (Lipinski definition) is 1. The molecule has 1 heterocycles. The van der Waals surface area contributed by atoms with Gasteiger partial charge in [0.2, 0.25) is 5.91 Å². The highest BCUT2D eigenvalue weighted by molar-refractivity contribution is 5.97. The number of nitrogens with one attached hydrogen (secondary N) is 1. The van der Waals surface area contributed by atoms with E-state index in [0.717, 1.165) is 0 Å². The molecule has 5 nitrogen and oxygen atoms in total. The first-order valence-electron chi connectivity index (χ1n) is 5.73. The second-order valence-electron chi connectivity index (χ2n) is 4.21. The highest BCUT2D eigenvalue weighted by atomic mass is 16.6.